The summed E-state index contributed by atoms with van der Waals surface area (Å²) in [6.07, 6.45) is 1.71. The Hall–Kier alpha value is -2.67. The van der Waals surface area contributed by atoms with Crippen molar-refractivity contribution in [2.45, 2.75) is 6.54 Å². The molecular weight excluding hydrogens is 320 g/mol. The zero-order valence-corrected chi connectivity index (χ0v) is 14.3. The molecule has 2 aliphatic rings. The maximum Gasteiger partial charge on any atom is 0.231 e. The Bertz CT molecular complexity index is 743. The monoisotopic (exact) mass is 342 g/mol. The molecule has 132 valence electrons. The van der Waals surface area contributed by atoms with Gasteiger partial charge in [0.05, 0.1) is 19.0 Å². The first-order chi connectivity index (χ1) is 12.2. The molecule has 25 heavy (non-hydrogen) atoms. The number of ether oxygens (including phenoxy) is 3. The van der Waals surface area contributed by atoms with Gasteiger partial charge < -0.3 is 24.8 Å². The van der Waals surface area contributed by atoms with Crippen molar-refractivity contribution in [3.8, 4) is 17.2 Å². The fraction of sp³-hybridized carbons (Fsp3) is 0.389. The fourth-order valence-corrected chi connectivity index (χ4v) is 3.25. The summed E-state index contributed by atoms with van der Waals surface area (Å²) in [7, 11) is 1.65. The van der Waals surface area contributed by atoms with Crippen LogP contribution in [0.3, 0.4) is 0 Å². The van der Waals surface area contributed by atoms with E-state index < -0.39 is 0 Å². The number of pyridine rings is 1. The molecule has 7 nitrogen and oxygen atoms in total. The van der Waals surface area contributed by atoms with E-state index in [4.69, 9.17) is 19.9 Å². The molecule has 7 heteroatoms. The predicted octanol–water partition coefficient (Wildman–Crippen LogP) is 1.72. The Labute approximate surface area is 146 Å². The number of nitrogen functional groups attached to an aromatic ring is 1. The summed E-state index contributed by atoms with van der Waals surface area (Å²) in [5.41, 5.74) is 7.57. The van der Waals surface area contributed by atoms with E-state index in [0.29, 0.717) is 11.4 Å². The van der Waals surface area contributed by atoms with Crippen LogP contribution in [0.4, 0.5) is 11.5 Å². The van der Waals surface area contributed by atoms with Gasteiger partial charge in [-0.3, -0.25) is 4.90 Å². The molecule has 0 aliphatic carbocycles. The Kier molecular flexibility index (Phi) is 4.23. The minimum absolute atomic E-state index is 0.252. The van der Waals surface area contributed by atoms with Gasteiger partial charge in [-0.25, -0.2) is 4.98 Å². The highest BCUT2D eigenvalue weighted by Gasteiger charge is 2.22. The summed E-state index contributed by atoms with van der Waals surface area (Å²) < 4.78 is 16.4. The molecule has 2 aromatic rings. The second-order valence-corrected chi connectivity index (χ2v) is 6.24. The average Bonchev–Trinajstić information content (AvgIpc) is 3.11. The number of aromatic nitrogens is 1. The van der Waals surface area contributed by atoms with Crippen LogP contribution in [0.5, 0.6) is 17.2 Å². The molecular formula is C18H22N4O3. The van der Waals surface area contributed by atoms with Crippen LogP contribution in [0.1, 0.15) is 5.56 Å². The first-order valence-electron chi connectivity index (χ1n) is 8.38. The van der Waals surface area contributed by atoms with Gasteiger partial charge in [-0.15, -0.1) is 0 Å². The molecule has 1 fully saturated rings. The second kappa shape index (κ2) is 6.68. The lowest BCUT2D eigenvalue weighted by molar-refractivity contribution is 0.171. The Balaban J connectivity index is 1.40. The summed E-state index contributed by atoms with van der Waals surface area (Å²) in [6.45, 7) is 4.95. The second-order valence-electron chi connectivity index (χ2n) is 6.24. The van der Waals surface area contributed by atoms with Crippen molar-refractivity contribution in [2.75, 3.05) is 50.7 Å². The van der Waals surface area contributed by atoms with Crippen LogP contribution in [0.25, 0.3) is 0 Å². The Morgan fingerprint density at radius 2 is 2.00 bits per heavy atom. The smallest absolute Gasteiger partial charge is 0.231 e. The van der Waals surface area contributed by atoms with E-state index in [-0.39, 0.29) is 6.79 Å². The highest BCUT2D eigenvalue weighted by molar-refractivity contribution is 5.55. The third-order valence-electron chi connectivity index (χ3n) is 4.59. The number of anilines is 2. The van der Waals surface area contributed by atoms with E-state index >= 15 is 0 Å². The Morgan fingerprint density at radius 3 is 2.72 bits per heavy atom. The van der Waals surface area contributed by atoms with Crippen LogP contribution in [0.15, 0.2) is 30.5 Å². The highest BCUT2D eigenvalue weighted by atomic mass is 16.7. The number of hydrogen-bond donors (Lipinski definition) is 1. The van der Waals surface area contributed by atoms with Gasteiger partial charge in [0.15, 0.2) is 11.5 Å². The number of fused-ring (bicyclic) bond motifs is 1. The van der Waals surface area contributed by atoms with E-state index in [9.17, 15) is 0 Å². The predicted molar refractivity (Wildman–Crippen MR) is 95.3 cm³/mol. The van der Waals surface area contributed by atoms with E-state index in [1.807, 2.05) is 24.3 Å². The number of methoxy groups -OCH3 is 1. The van der Waals surface area contributed by atoms with E-state index in [1.54, 1.807) is 13.3 Å². The minimum Gasteiger partial charge on any atom is -0.493 e. The molecule has 1 aromatic heterocycles. The number of nitrogens with zero attached hydrogens (tertiary/aromatic N) is 3. The minimum atomic E-state index is 0.252. The van der Waals surface area contributed by atoms with Crippen molar-refractivity contribution in [2.24, 2.45) is 0 Å². The number of nitrogens with two attached hydrogens (primary N) is 1. The summed E-state index contributed by atoms with van der Waals surface area (Å²) in [5, 5.41) is 0. The van der Waals surface area contributed by atoms with E-state index in [2.05, 4.69) is 14.8 Å². The van der Waals surface area contributed by atoms with E-state index in [1.165, 1.54) is 5.56 Å². The van der Waals surface area contributed by atoms with Gasteiger partial charge in [-0.05, 0) is 29.8 Å². The van der Waals surface area contributed by atoms with Gasteiger partial charge in [0.2, 0.25) is 12.5 Å². The first kappa shape index (κ1) is 15.8. The summed E-state index contributed by atoms with van der Waals surface area (Å²) in [5.74, 6) is 3.18. The maximum absolute atomic E-state index is 5.71. The molecule has 0 radical (unpaired) electrons. The molecule has 3 heterocycles. The topological polar surface area (TPSA) is 73.1 Å². The molecule has 0 atom stereocenters. The fourth-order valence-electron chi connectivity index (χ4n) is 3.25. The van der Waals surface area contributed by atoms with Crippen LogP contribution in [-0.2, 0) is 6.54 Å². The molecule has 1 saturated heterocycles. The zero-order chi connectivity index (χ0) is 17.2. The summed E-state index contributed by atoms with van der Waals surface area (Å²) >= 11 is 0. The van der Waals surface area contributed by atoms with Gasteiger partial charge in [0, 0.05) is 32.7 Å². The van der Waals surface area contributed by atoms with Crippen LogP contribution in [-0.4, -0.2) is 50.0 Å². The van der Waals surface area contributed by atoms with Crippen molar-refractivity contribution in [3.05, 3.63) is 36.0 Å². The summed E-state index contributed by atoms with van der Waals surface area (Å²) in [6, 6.07) is 7.95. The molecule has 4 rings (SSSR count). The third kappa shape index (κ3) is 3.28. The van der Waals surface area contributed by atoms with Crippen LogP contribution >= 0.6 is 0 Å². The number of piperazine rings is 1. The van der Waals surface area contributed by atoms with Crippen molar-refractivity contribution in [3.63, 3.8) is 0 Å². The van der Waals surface area contributed by atoms with Crippen LogP contribution in [0, 0.1) is 0 Å². The van der Waals surface area contributed by atoms with Crippen molar-refractivity contribution in [1.82, 2.24) is 9.88 Å². The van der Waals surface area contributed by atoms with Gasteiger partial charge in [-0.2, -0.15) is 0 Å². The van der Waals surface area contributed by atoms with Gasteiger partial charge >= 0.3 is 0 Å². The number of benzene rings is 1. The van der Waals surface area contributed by atoms with Gasteiger partial charge in [0.1, 0.15) is 5.82 Å². The maximum atomic E-state index is 5.71. The molecule has 0 bridgehead atoms. The highest BCUT2D eigenvalue weighted by Crippen LogP contribution is 2.42. The van der Waals surface area contributed by atoms with Gasteiger partial charge in [-0.1, -0.05) is 0 Å². The molecule has 0 unspecified atom stereocenters. The van der Waals surface area contributed by atoms with E-state index in [0.717, 1.165) is 50.0 Å². The lowest BCUT2D eigenvalue weighted by Crippen LogP contribution is -2.46. The molecule has 0 spiro atoms. The lowest BCUT2D eigenvalue weighted by Gasteiger charge is -2.35. The average molecular weight is 342 g/mol. The standard InChI is InChI=1S/C18H22N4O3/c1-23-15-8-13(9-16-18(15)25-12-24-16)11-21-4-6-22(7-5-21)17-3-2-14(19)10-20-17/h2-3,8-10H,4-7,11-12,19H2,1H3. The number of hydrogen-bond acceptors (Lipinski definition) is 7. The first-order valence-corrected chi connectivity index (χ1v) is 8.38. The normalized spacial score (nSPS) is 16.9. The molecule has 0 amide bonds. The van der Waals surface area contributed by atoms with Crippen LogP contribution < -0.4 is 24.8 Å². The quantitative estimate of drug-likeness (QED) is 0.907. The van der Waals surface area contributed by atoms with Crippen molar-refractivity contribution >= 4 is 11.5 Å². The largest absolute Gasteiger partial charge is 0.493 e. The van der Waals surface area contributed by atoms with Crippen LogP contribution in [0.2, 0.25) is 0 Å². The SMILES string of the molecule is COc1cc(CN2CCN(c3ccc(N)cn3)CC2)cc2c1OCO2. The van der Waals surface area contributed by atoms with Crippen molar-refractivity contribution in [1.29, 1.82) is 0 Å². The lowest BCUT2D eigenvalue weighted by atomic mass is 10.1. The van der Waals surface area contributed by atoms with Gasteiger partial charge in [0.25, 0.3) is 0 Å². The zero-order valence-electron chi connectivity index (χ0n) is 14.3. The molecule has 2 aliphatic heterocycles. The Morgan fingerprint density at radius 1 is 1.16 bits per heavy atom. The third-order valence-corrected chi connectivity index (χ3v) is 4.59. The molecule has 1 aromatic carbocycles. The molecule has 0 saturated carbocycles. The molecule has 2 N–H and O–H groups in total. The van der Waals surface area contributed by atoms with Crippen molar-refractivity contribution < 1.29 is 14.2 Å². The number of rotatable bonds is 4. The summed E-state index contributed by atoms with van der Waals surface area (Å²) in [4.78, 5) is 9.12.